The Morgan fingerprint density at radius 1 is 1.00 bits per heavy atom. The van der Waals surface area contributed by atoms with Crippen LogP contribution in [0.25, 0.3) is 10.9 Å². The van der Waals surface area contributed by atoms with Gasteiger partial charge in [-0.3, -0.25) is 0 Å². The van der Waals surface area contributed by atoms with Gasteiger partial charge >= 0.3 is 0 Å². The second kappa shape index (κ2) is 4.90. The van der Waals surface area contributed by atoms with Crippen LogP contribution in [0, 0.1) is 0 Å². The molecule has 96 valence electrons. The average molecular weight is 250 g/mol. The Balaban J connectivity index is 2.04. The molecule has 1 atom stereocenters. The lowest BCUT2D eigenvalue weighted by Gasteiger charge is -2.09. The van der Waals surface area contributed by atoms with Crippen molar-refractivity contribution in [3.8, 4) is 0 Å². The minimum absolute atomic E-state index is 0.0660. The largest absolute Gasteiger partial charge is 0.343 e. The zero-order valence-corrected chi connectivity index (χ0v) is 11.1. The van der Waals surface area contributed by atoms with Crippen LogP contribution in [0.1, 0.15) is 24.1 Å². The highest BCUT2D eigenvalue weighted by Crippen LogP contribution is 2.24. The summed E-state index contributed by atoms with van der Waals surface area (Å²) in [4.78, 5) is 0. The molecule has 0 saturated carbocycles. The lowest BCUT2D eigenvalue weighted by Crippen LogP contribution is -2.05. The summed E-state index contributed by atoms with van der Waals surface area (Å²) >= 11 is 0. The maximum absolute atomic E-state index is 6.03. The summed E-state index contributed by atoms with van der Waals surface area (Å²) in [5.41, 5.74) is 9.80. The van der Waals surface area contributed by atoms with Gasteiger partial charge in [0.25, 0.3) is 0 Å². The topological polar surface area (TPSA) is 30.9 Å². The Kier molecular flexibility index (Phi) is 3.10. The monoisotopic (exact) mass is 250 g/mol. The molecule has 2 heteroatoms. The molecule has 0 aliphatic rings. The molecule has 3 rings (SSSR count). The van der Waals surface area contributed by atoms with E-state index in [9.17, 15) is 0 Å². The third-order valence-corrected chi connectivity index (χ3v) is 3.53. The van der Waals surface area contributed by atoms with Crippen LogP contribution >= 0.6 is 0 Å². The lowest BCUT2D eigenvalue weighted by atomic mass is 10.0. The minimum Gasteiger partial charge on any atom is -0.343 e. The van der Waals surface area contributed by atoms with Gasteiger partial charge in [0.2, 0.25) is 0 Å². The van der Waals surface area contributed by atoms with Crippen LogP contribution in [0.4, 0.5) is 0 Å². The Bertz CT molecular complexity index is 681. The Morgan fingerprint density at radius 3 is 2.53 bits per heavy atom. The average Bonchev–Trinajstić information content (AvgIpc) is 2.83. The summed E-state index contributed by atoms with van der Waals surface area (Å²) in [6.45, 7) is 2.93. The van der Waals surface area contributed by atoms with Crippen molar-refractivity contribution >= 4 is 10.9 Å². The van der Waals surface area contributed by atoms with Crippen molar-refractivity contribution in [2.45, 2.75) is 19.5 Å². The molecular formula is C17H18N2. The Labute approximate surface area is 113 Å². The molecule has 1 aromatic heterocycles. The van der Waals surface area contributed by atoms with Crippen molar-refractivity contribution in [1.29, 1.82) is 0 Å². The molecule has 0 bridgehead atoms. The molecule has 0 aliphatic heterocycles. The Morgan fingerprint density at radius 2 is 1.79 bits per heavy atom. The predicted octanol–water partition coefficient (Wildman–Crippen LogP) is 3.71. The summed E-state index contributed by atoms with van der Waals surface area (Å²) in [6.07, 6.45) is 2.14. The first kappa shape index (κ1) is 12.0. The predicted molar refractivity (Wildman–Crippen MR) is 80.1 cm³/mol. The molecule has 0 spiro atoms. The summed E-state index contributed by atoms with van der Waals surface area (Å²) in [7, 11) is 0. The molecule has 2 aromatic carbocycles. The first-order chi connectivity index (χ1) is 9.25. The summed E-state index contributed by atoms with van der Waals surface area (Å²) < 4.78 is 2.27. The molecular weight excluding hydrogens is 232 g/mol. The fourth-order valence-corrected chi connectivity index (χ4v) is 2.56. The number of nitrogens with two attached hydrogens (primary N) is 1. The standard InChI is InChI=1S/C17H18N2/c1-13(18)15-8-5-9-17-16(15)10-11-19(17)12-14-6-3-2-4-7-14/h2-11,13H,12,18H2,1H3. The van der Waals surface area contributed by atoms with E-state index in [1.54, 1.807) is 0 Å². The van der Waals surface area contributed by atoms with E-state index in [2.05, 4.69) is 59.3 Å². The van der Waals surface area contributed by atoms with Crippen molar-refractivity contribution < 1.29 is 0 Å². The van der Waals surface area contributed by atoms with E-state index in [4.69, 9.17) is 5.73 Å². The first-order valence-corrected chi connectivity index (χ1v) is 6.63. The molecule has 3 aromatic rings. The molecule has 1 unspecified atom stereocenters. The smallest absolute Gasteiger partial charge is 0.0486 e. The van der Waals surface area contributed by atoms with E-state index in [0.29, 0.717) is 0 Å². The van der Waals surface area contributed by atoms with E-state index in [0.717, 1.165) is 6.54 Å². The molecule has 2 nitrogen and oxygen atoms in total. The number of fused-ring (bicyclic) bond motifs is 1. The van der Waals surface area contributed by atoms with Gasteiger partial charge < -0.3 is 10.3 Å². The number of hydrogen-bond acceptors (Lipinski definition) is 1. The van der Waals surface area contributed by atoms with Gasteiger partial charge in [-0.15, -0.1) is 0 Å². The second-order valence-electron chi connectivity index (χ2n) is 5.00. The van der Waals surface area contributed by atoms with Gasteiger partial charge in [0.15, 0.2) is 0 Å². The molecule has 1 heterocycles. The molecule has 0 aliphatic carbocycles. The number of aromatic nitrogens is 1. The van der Waals surface area contributed by atoms with Crippen LogP contribution in [0.15, 0.2) is 60.8 Å². The van der Waals surface area contributed by atoms with Gasteiger partial charge in [-0.1, -0.05) is 42.5 Å². The van der Waals surface area contributed by atoms with Crippen molar-refractivity contribution in [2.24, 2.45) is 5.73 Å². The number of benzene rings is 2. The lowest BCUT2D eigenvalue weighted by molar-refractivity contribution is 0.822. The van der Waals surface area contributed by atoms with Crippen LogP contribution in [0.5, 0.6) is 0 Å². The van der Waals surface area contributed by atoms with Crippen molar-refractivity contribution in [3.63, 3.8) is 0 Å². The summed E-state index contributed by atoms with van der Waals surface area (Å²) in [5.74, 6) is 0. The summed E-state index contributed by atoms with van der Waals surface area (Å²) in [5, 5.41) is 1.26. The van der Waals surface area contributed by atoms with Gasteiger partial charge in [0, 0.05) is 29.7 Å². The van der Waals surface area contributed by atoms with Gasteiger partial charge in [0.05, 0.1) is 0 Å². The number of nitrogens with zero attached hydrogens (tertiary/aromatic N) is 1. The quantitative estimate of drug-likeness (QED) is 0.754. The molecule has 0 saturated heterocycles. The van der Waals surface area contributed by atoms with Crippen molar-refractivity contribution in [3.05, 3.63) is 71.9 Å². The molecule has 2 N–H and O–H groups in total. The maximum atomic E-state index is 6.03. The molecule has 0 amide bonds. The highest BCUT2D eigenvalue weighted by molar-refractivity contribution is 5.84. The molecule has 0 fully saturated rings. The third kappa shape index (κ3) is 2.27. The van der Waals surface area contributed by atoms with E-state index in [1.165, 1.54) is 22.0 Å². The zero-order valence-electron chi connectivity index (χ0n) is 11.1. The van der Waals surface area contributed by atoms with E-state index in [1.807, 2.05) is 13.0 Å². The first-order valence-electron chi connectivity index (χ1n) is 6.63. The van der Waals surface area contributed by atoms with Crippen LogP contribution in [0.3, 0.4) is 0 Å². The summed E-state index contributed by atoms with van der Waals surface area (Å²) in [6, 6.07) is 19.1. The highest BCUT2D eigenvalue weighted by atomic mass is 14.9. The molecule has 0 radical (unpaired) electrons. The van der Waals surface area contributed by atoms with Crippen LogP contribution in [0.2, 0.25) is 0 Å². The van der Waals surface area contributed by atoms with Crippen LogP contribution in [-0.4, -0.2) is 4.57 Å². The van der Waals surface area contributed by atoms with E-state index >= 15 is 0 Å². The molecule has 19 heavy (non-hydrogen) atoms. The fraction of sp³-hybridized carbons (Fsp3) is 0.176. The zero-order chi connectivity index (χ0) is 13.2. The van der Waals surface area contributed by atoms with Gasteiger partial charge in [-0.05, 0) is 30.2 Å². The van der Waals surface area contributed by atoms with Crippen molar-refractivity contribution in [2.75, 3.05) is 0 Å². The number of rotatable bonds is 3. The maximum Gasteiger partial charge on any atom is 0.0486 e. The fourth-order valence-electron chi connectivity index (χ4n) is 2.56. The second-order valence-corrected chi connectivity index (χ2v) is 5.00. The van der Waals surface area contributed by atoms with Crippen molar-refractivity contribution in [1.82, 2.24) is 4.57 Å². The third-order valence-electron chi connectivity index (χ3n) is 3.53. The number of hydrogen-bond donors (Lipinski definition) is 1. The SMILES string of the molecule is CC(N)c1cccc2c1ccn2Cc1ccccc1. The van der Waals surface area contributed by atoms with Gasteiger partial charge in [-0.25, -0.2) is 0 Å². The minimum atomic E-state index is 0.0660. The van der Waals surface area contributed by atoms with Gasteiger partial charge in [-0.2, -0.15) is 0 Å². The van der Waals surface area contributed by atoms with E-state index < -0.39 is 0 Å². The Hall–Kier alpha value is -2.06. The van der Waals surface area contributed by atoms with Crippen LogP contribution in [-0.2, 0) is 6.54 Å². The van der Waals surface area contributed by atoms with E-state index in [-0.39, 0.29) is 6.04 Å². The van der Waals surface area contributed by atoms with Gasteiger partial charge in [0.1, 0.15) is 0 Å². The normalized spacial score (nSPS) is 12.7. The van der Waals surface area contributed by atoms with Crippen LogP contribution < -0.4 is 5.73 Å². The highest BCUT2D eigenvalue weighted by Gasteiger charge is 2.08.